The van der Waals surface area contributed by atoms with E-state index in [1.165, 1.54) is 17.4 Å². The second-order valence-corrected chi connectivity index (χ2v) is 17.3. The predicted octanol–water partition coefficient (Wildman–Crippen LogP) is 7.21. The van der Waals surface area contributed by atoms with E-state index >= 15 is 0 Å². The zero-order valence-corrected chi connectivity index (χ0v) is 38.7. The molecule has 0 saturated carbocycles. The number of para-hydroxylation sites is 2. The Morgan fingerprint density at radius 3 is 1.52 bits per heavy atom. The van der Waals surface area contributed by atoms with Gasteiger partial charge in [0.2, 0.25) is 11.9 Å². The molecule has 8 N–H and O–H groups in total. The summed E-state index contributed by atoms with van der Waals surface area (Å²) in [6.07, 6.45) is 3.70. The van der Waals surface area contributed by atoms with Gasteiger partial charge < -0.3 is 51.7 Å². The molecule has 8 aromatic rings. The van der Waals surface area contributed by atoms with Gasteiger partial charge in [-0.2, -0.15) is 0 Å². The maximum absolute atomic E-state index is 8.65. The summed E-state index contributed by atoms with van der Waals surface area (Å²) in [5, 5.41) is 26.0. The number of nitrogens with one attached hydrogen (secondary N) is 2. The molecule has 10 rings (SSSR count). The number of piperazine rings is 2. The van der Waals surface area contributed by atoms with Crippen LogP contribution < -0.4 is 37.4 Å². The van der Waals surface area contributed by atoms with Gasteiger partial charge in [-0.3, -0.25) is 0 Å². The van der Waals surface area contributed by atoms with Crippen molar-refractivity contribution in [2.24, 2.45) is 0 Å². The molecule has 0 unspecified atom stereocenters. The molecule has 336 valence electrons. The molecule has 14 nitrogen and oxygen atoms in total. The second-order valence-electron chi connectivity index (χ2n) is 16.4. The minimum Gasteiger partial charge on any atom is -0.423 e. The summed E-state index contributed by atoms with van der Waals surface area (Å²) in [5.74, 6) is 1.18. The molecular weight excluding hydrogens is 891 g/mol. The maximum Gasteiger partial charge on any atom is 0.488 e. The largest absolute Gasteiger partial charge is 0.488 e. The fraction of sp³-hybridized carbons (Fsp3) is 0.200. The summed E-state index contributed by atoms with van der Waals surface area (Å²) < 4.78 is 0.973. The Bertz CT molecular complexity index is 2860. The lowest BCUT2D eigenvalue weighted by Crippen LogP contribution is -2.44. The molecule has 2 aromatic heterocycles. The van der Waals surface area contributed by atoms with E-state index in [2.05, 4.69) is 136 Å². The molecule has 2 fully saturated rings. The highest BCUT2D eigenvalue weighted by atomic mass is 79.9. The second kappa shape index (κ2) is 21.4. The third-order valence-electron chi connectivity index (χ3n) is 11.6. The van der Waals surface area contributed by atoms with E-state index in [1.807, 2.05) is 60.9 Å². The fourth-order valence-electron chi connectivity index (χ4n) is 7.75. The Labute approximate surface area is 394 Å². The van der Waals surface area contributed by atoms with Crippen molar-refractivity contribution in [3.63, 3.8) is 0 Å². The number of nitrogens with two attached hydrogens (primary N) is 2. The van der Waals surface area contributed by atoms with Crippen molar-refractivity contribution < 1.29 is 10.0 Å². The van der Waals surface area contributed by atoms with Crippen molar-refractivity contribution in [1.82, 2.24) is 29.7 Å². The highest BCUT2D eigenvalue weighted by Gasteiger charge is 2.16. The van der Waals surface area contributed by atoms with Crippen LogP contribution >= 0.6 is 15.9 Å². The Hall–Kier alpha value is -6.82. The smallest absolute Gasteiger partial charge is 0.423 e. The summed E-state index contributed by atoms with van der Waals surface area (Å²) >= 11 is 3.55. The number of likely N-dealkylation sites (N-methyl/N-ethyl adjacent to an activating group) is 2. The molecular formula is C50H54BBrN12O2. The summed E-state index contributed by atoms with van der Waals surface area (Å²) in [6, 6.07) is 43.4. The molecule has 0 radical (unpaired) electrons. The first-order valence-corrected chi connectivity index (χ1v) is 22.7. The van der Waals surface area contributed by atoms with Crippen LogP contribution in [-0.2, 0) is 0 Å². The van der Waals surface area contributed by atoms with E-state index in [4.69, 9.17) is 26.5 Å². The Morgan fingerprint density at radius 1 is 0.545 bits per heavy atom. The van der Waals surface area contributed by atoms with Crippen LogP contribution in [0.1, 0.15) is 0 Å². The SMILES string of the molecule is CN1CCN(c2ccc(Nc3ncc4cccc(-c5cccc(N)c5)c4n3)cc2)CC1.CN1CCN(c2ccc(Nc3ncc4cccc(Br)c4n3)cc2)CC1.Nc1cccc(B(O)O)c1. The van der Waals surface area contributed by atoms with E-state index in [-0.39, 0.29) is 0 Å². The molecule has 0 atom stereocenters. The lowest BCUT2D eigenvalue weighted by molar-refractivity contribution is 0.313. The van der Waals surface area contributed by atoms with Gasteiger partial charge in [0, 0.05) is 120 Å². The van der Waals surface area contributed by atoms with Gasteiger partial charge in [-0.05, 0) is 120 Å². The predicted molar refractivity (Wildman–Crippen MR) is 276 cm³/mol. The summed E-state index contributed by atoms with van der Waals surface area (Å²) in [6.45, 7) is 8.68. The van der Waals surface area contributed by atoms with Gasteiger partial charge >= 0.3 is 7.12 Å². The van der Waals surface area contributed by atoms with Crippen molar-refractivity contribution in [3.05, 3.63) is 150 Å². The summed E-state index contributed by atoms with van der Waals surface area (Å²) in [4.78, 5) is 27.9. The van der Waals surface area contributed by atoms with Crippen molar-refractivity contribution in [3.8, 4) is 11.1 Å². The molecule has 4 heterocycles. The quantitative estimate of drug-likeness (QED) is 0.0665. The number of hydrogen-bond acceptors (Lipinski definition) is 14. The van der Waals surface area contributed by atoms with E-state index in [9.17, 15) is 0 Å². The first-order valence-electron chi connectivity index (χ1n) is 21.9. The Morgan fingerprint density at radius 2 is 1.02 bits per heavy atom. The van der Waals surface area contributed by atoms with Gasteiger partial charge in [0.15, 0.2) is 0 Å². The van der Waals surface area contributed by atoms with E-state index in [1.54, 1.807) is 18.2 Å². The molecule has 0 spiro atoms. The number of nitrogen functional groups attached to an aromatic ring is 2. The molecule has 6 aromatic carbocycles. The molecule has 0 bridgehead atoms. The summed E-state index contributed by atoms with van der Waals surface area (Å²) in [7, 11) is 2.92. The van der Waals surface area contributed by atoms with E-state index in [0.717, 1.165) is 107 Å². The van der Waals surface area contributed by atoms with E-state index < -0.39 is 7.12 Å². The number of fused-ring (bicyclic) bond motifs is 2. The zero-order valence-electron chi connectivity index (χ0n) is 37.1. The van der Waals surface area contributed by atoms with Gasteiger partial charge in [-0.1, -0.05) is 54.6 Å². The van der Waals surface area contributed by atoms with E-state index in [0.29, 0.717) is 23.0 Å². The monoisotopic (exact) mass is 944 g/mol. The van der Waals surface area contributed by atoms with Gasteiger partial charge in [0.1, 0.15) is 0 Å². The minimum absolute atomic E-state index is 0.417. The molecule has 66 heavy (non-hydrogen) atoms. The first kappa shape index (κ1) is 45.7. The summed E-state index contributed by atoms with van der Waals surface area (Å²) in [5.41, 5.74) is 21.4. The number of halogens is 1. The number of anilines is 8. The van der Waals surface area contributed by atoms with Crippen LogP contribution in [0.25, 0.3) is 32.9 Å². The fourth-order valence-corrected chi connectivity index (χ4v) is 8.22. The molecule has 0 aliphatic carbocycles. The van der Waals surface area contributed by atoms with Crippen LogP contribution in [-0.4, -0.2) is 113 Å². The lowest BCUT2D eigenvalue weighted by Gasteiger charge is -2.34. The minimum atomic E-state index is -1.43. The van der Waals surface area contributed by atoms with Crippen LogP contribution in [0.3, 0.4) is 0 Å². The average Bonchev–Trinajstić information content (AvgIpc) is 3.33. The molecule has 2 aliphatic heterocycles. The van der Waals surface area contributed by atoms with Crippen LogP contribution in [0.4, 0.5) is 46.0 Å². The van der Waals surface area contributed by atoms with Crippen LogP contribution in [0.5, 0.6) is 0 Å². The Kier molecular flexibility index (Phi) is 14.9. The number of nitrogens with zero attached hydrogens (tertiary/aromatic N) is 8. The highest BCUT2D eigenvalue weighted by molar-refractivity contribution is 9.10. The van der Waals surface area contributed by atoms with Gasteiger partial charge in [0.05, 0.1) is 11.0 Å². The van der Waals surface area contributed by atoms with Crippen LogP contribution in [0, 0.1) is 0 Å². The first-order chi connectivity index (χ1) is 32.0. The molecule has 2 saturated heterocycles. The average molecular weight is 946 g/mol. The third-order valence-corrected chi connectivity index (χ3v) is 12.2. The number of rotatable bonds is 8. The van der Waals surface area contributed by atoms with Crippen molar-refractivity contribution in [2.45, 2.75) is 0 Å². The number of benzene rings is 6. The van der Waals surface area contributed by atoms with Crippen LogP contribution in [0.2, 0.25) is 0 Å². The normalized spacial score (nSPS) is 14.2. The van der Waals surface area contributed by atoms with Gasteiger partial charge in [-0.15, -0.1) is 0 Å². The molecule has 2 aliphatic rings. The topological polar surface area (TPSA) is 181 Å². The molecule has 16 heteroatoms. The highest BCUT2D eigenvalue weighted by Crippen LogP contribution is 2.30. The van der Waals surface area contributed by atoms with Gasteiger partial charge in [0.25, 0.3) is 0 Å². The maximum atomic E-state index is 8.65. The van der Waals surface area contributed by atoms with Crippen molar-refractivity contribution in [1.29, 1.82) is 0 Å². The zero-order chi connectivity index (χ0) is 46.0. The van der Waals surface area contributed by atoms with Crippen molar-refractivity contribution in [2.75, 3.05) is 98.4 Å². The van der Waals surface area contributed by atoms with Gasteiger partial charge in [-0.25, -0.2) is 19.9 Å². The number of hydrogen-bond donors (Lipinski definition) is 6. The third kappa shape index (κ3) is 11.9. The number of aromatic nitrogens is 4. The van der Waals surface area contributed by atoms with Crippen LogP contribution in [0.15, 0.2) is 150 Å². The van der Waals surface area contributed by atoms with Crippen molar-refractivity contribution >= 4 is 96.3 Å². The molecule has 0 amide bonds. The lowest BCUT2D eigenvalue weighted by atomic mass is 9.80. The standard InChI is InChI=1S/C25H26N6.C19H20BrN5.C6H8BNO2/c1-30-12-14-31(15-13-30)22-10-8-21(9-11-22)28-25-27-17-19-5-3-7-23(24(19)29-25)18-4-2-6-20(26)16-18;1-24-9-11-25(12-10-24)16-7-5-15(6-8-16)22-19-21-13-14-3-2-4-17(20)18(14)23-19;8-6-3-1-2-5(4-6)7(9)10/h2-11,16-17H,12-15,26H2,1H3,(H,27,28,29);2-8,13H,9-12H2,1H3,(H,21,22,23);1-4,9-10H,8H2. The Balaban J connectivity index is 0.000000151.